The minimum Gasteiger partial charge on any atom is -0.204 e. The summed E-state index contributed by atoms with van der Waals surface area (Å²) in [5.41, 5.74) is 0.627. The Hall–Kier alpha value is -1.25. The SMILES string of the molecule is CC=CC1CCC(C2CCC(c3cc(F)c(F)c(F)c3)CC2)CC1. The van der Waals surface area contributed by atoms with Crippen LogP contribution in [0.1, 0.15) is 69.8 Å². The molecule has 2 fully saturated rings. The van der Waals surface area contributed by atoms with E-state index in [0.717, 1.165) is 43.4 Å². The van der Waals surface area contributed by atoms with E-state index >= 15 is 0 Å². The van der Waals surface area contributed by atoms with Crippen molar-refractivity contribution in [3.63, 3.8) is 0 Å². The molecule has 2 saturated carbocycles. The maximum atomic E-state index is 13.4. The predicted molar refractivity (Wildman–Crippen MR) is 91.3 cm³/mol. The van der Waals surface area contributed by atoms with Gasteiger partial charge in [0.25, 0.3) is 0 Å². The average molecular weight is 336 g/mol. The molecule has 2 aliphatic carbocycles. The van der Waals surface area contributed by atoms with Crippen molar-refractivity contribution >= 4 is 0 Å². The smallest absolute Gasteiger partial charge is 0.194 e. The molecule has 0 N–H and O–H groups in total. The van der Waals surface area contributed by atoms with Crippen LogP contribution in [0.4, 0.5) is 13.2 Å². The van der Waals surface area contributed by atoms with Crippen molar-refractivity contribution in [1.82, 2.24) is 0 Å². The van der Waals surface area contributed by atoms with Gasteiger partial charge in [-0.25, -0.2) is 13.2 Å². The summed E-state index contributed by atoms with van der Waals surface area (Å²) in [4.78, 5) is 0. The van der Waals surface area contributed by atoms with Crippen LogP contribution < -0.4 is 0 Å². The molecule has 0 saturated heterocycles. The highest BCUT2D eigenvalue weighted by molar-refractivity contribution is 5.23. The number of benzene rings is 1. The summed E-state index contributed by atoms with van der Waals surface area (Å²) in [5.74, 6) is -0.982. The Kier molecular flexibility index (Phi) is 5.68. The third-order valence-corrected chi connectivity index (χ3v) is 6.20. The summed E-state index contributed by atoms with van der Waals surface area (Å²) >= 11 is 0. The molecule has 0 amide bonds. The van der Waals surface area contributed by atoms with Gasteiger partial charge in [0, 0.05) is 0 Å². The molecule has 0 spiro atoms. The van der Waals surface area contributed by atoms with Crippen molar-refractivity contribution in [3.8, 4) is 0 Å². The van der Waals surface area contributed by atoms with Gasteiger partial charge in [-0.05, 0) is 99.7 Å². The van der Waals surface area contributed by atoms with E-state index in [1.165, 1.54) is 37.8 Å². The first-order valence-corrected chi connectivity index (χ1v) is 9.35. The standard InChI is InChI=1S/C21H27F3/c1-2-3-14-4-6-15(7-5-14)16-8-10-17(11-9-16)18-12-19(22)21(24)20(23)13-18/h2-3,12-17H,4-11H2,1H3. The van der Waals surface area contributed by atoms with Crippen LogP contribution in [-0.4, -0.2) is 0 Å². The number of hydrogen-bond donors (Lipinski definition) is 0. The minimum atomic E-state index is -1.36. The van der Waals surface area contributed by atoms with Gasteiger partial charge >= 0.3 is 0 Å². The lowest BCUT2D eigenvalue weighted by atomic mass is 9.68. The lowest BCUT2D eigenvalue weighted by Gasteiger charge is -2.37. The first kappa shape index (κ1) is 17.6. The molecule has 3 rings (SSSR count). The molecule has 0 atom stereocenters. The lowest BCUT2D eigenvalue weighted by Crippen LogP contribution is -2.25. The second-order valence-corrected chi connectivity index (χ2v) is 7.61. The molecular weight excluding hydrogens is 309 g/mol. The van der Waals surface area contributed by atoms with Gasteiger partial charge in [0.05, 0.1) is 0 Å². The quantitative estimate of drug-likeness (QED) is 0.422. The molecule has 1 aromatic carbocycles. The van der Waals surface area contributed by atoms with Gasteiger partial charge in [0.15, 0.2) is 17.5 Å². The van der Waals surface area contributed by atoms with Gasteiger partial charge in [0.1, 0.15) is 0 Å². The molecule has 0 nitrogen and oxygen atoms in total. The number of rotatable bonds is 3. The van der Waals surface area contributed by atoms with Gasteiger partial charge in [-0.3, -0.25) is 0 Å². The van der Waals surface area contributed by atoms with Crippen molar-refractivity contribution < 1.29 is 13.2 Å². The van der Waals surface area contributed by atoms with E-state index in [0.29, 0.717) is 5.56 Å². The monoisotopic (exact) mass is 336 g/mol. The summed E-state index contributed by atoms with van der Waals surface area (Å²) in [7, 11) is 0. The molecule has 0 bridgehead atoms. The third kappa shape index (κ3) is 3.87. The van der Waals surface area contributed by atoms with Gasteiger partial charge < -0.3 is 0 Å². The summed E-state index contributed by atoms with van der Waals surface area (Å²) in [5, 5.41) is 0. The highest BCUT2D eigenvalue weighted by Crippen LogP contribution is 2.44. The molecule has 0 aromatic heterocycles. The highest BCUT2D eigenvalue weighted by atomic mass is 19.2. The largest absolute Gasteiger partial charge is 0.204 e. The maximum absolute atomic E-state index is 13.4. The second kappa shape index (κ2) is 7.76. The van der Waals surface area contributed by atoms with Crippen LogP contribution >= 0.6 is 0 Å². The average Bonchev–Trinajstić information content (AvgIpc) is 2.60. The van der Waals surface area contributed by atoms with Gasteiger partial charge in [0.2, 0.25) is 0 Å². The third-order valence-electron chi connectivity index (χ3n) is 6.20. The molecule has 1 aromatic rings. The van der Waals surface area contributed by atoms with Crippen molar-refractivity contribution in [3.05, 3.63) is 47.3 Å². The van der Waals surface area contributed by atoms with Crippen LogP contribution in [0.5, 0.6) is 0 Å². The fourth-order valence-electron chi connectivity index (χ4n) is 4.82. The first-order valence-electron chi connectivity index (χ1n) is 9.35. The van der Waals surface area contributed by atoms with Crippen LogP contribution in [-0.2, 0) is 0 Å². The van der Waals surface area contributed by atoms with E-state index in [9.17, 15) is 13.2 Å². The lowest BCUT2D eigenvalue weighted by molar-refractivity contribution is 0.171. The molecule has 132 valence electrons. The zero-order chi connectivity index (χ0) is 17.1. The fourth-order valence-corrected chi connectivity index (χ4v) is 4.82. The van der Waals surface area contributed by atoms with E-state index in [1.807, 2.05) is 0 Å². The molecule has 3 heteroatoms. The molecule has 0 unspecified atom stereocenters. The van der Waals surface area contributed by atoms with E-state index < -0.39 is 17.5 Å². The van der Waals surface area contributed by atoms with Crippen LogP contribution in [0.15, 0.2) is 24.3 Å². The second-order valence-electron chi connectivity index (χ2n) is 7.61. The Morgan fingerprint density at radius 3 is 1.79 bits per heavy atom. The Balaban J connectivity index is 1.55. The van der Waals surface area contributed by atoms with Crippen molar-refractivity contribution in [2.45, 2.75) is 64.2 Å². The normalized spacial score (nSPS) is 31.5. The van der Waals surface area contributed by atoms with Crippen LogP contribution in [0, 0.1) is 35.2 Å². The van der Waals surface area contributed by atoms with Gasteiger partial charge in [-0.1, -0.05) is 12.2 Å². The molecule has 0 radical (unpaired) electrons. The number of allylic oxidation sites excluding steroid dienone is 2. The maximum Gasteiger partial charge on any atom is 0.194 e. The van der Waals surface area contributed by atoms with E-state index in [1.54, 1.807) is 0 Å². The van der Waals surface area contributed by atoms with Crippen molar-refractivity contribution in [2.75, 3.05) is 0 Å². The Labute approximate surface area is 143 Å². The topological polar surface area (TPSA) is 0 Å². The summed E-state index contributed by atoms with van der Waals surface area (Å²) < 4.78 is 40.0. The van der Waals surface area contributed by atoms with E-state index in [2.05, 4.69) is 19.1 Å². The summed E-state index contributed by atoms with van der Waals surface area (Å²) in [6.45, 7) is 2.09. The molecule has 24 heavy (non-hydrogen) atoms. The molecule has 0 aliphatic heterocycles. The first-order chi connectivity index (χ1) is 11.6. The van der Waals surface area contributed by atoms with Gasteiger partial charge in [-0.15, -0.1) is 0 Å². The Morgan fingerprint density at radius 2 is 1.29 bits per heavy atom. The van der Waals surface area contributed by atoms with Crippen LogP contribution in [0.3, 0.4) is 0 Å². The minimum absolute atomic E-state index is 0.171. The number of halogens is 3. The van der Waals surface area contributed by atoms with Crippen LogP contribution in [0.25, 0.3) is 0 Å². The van der Waals surface area contributed by atoms with Crippen molar-refractivity contribution in [2.24, 2.45) is 17.8 Å². The van der Waals surface area contributed by atoms with Crippen LogP contribution in [0.2, 0.25) is 0 Å². The van der Waals surface area contributed by atoms with Gasteiger partial charge in [-0.2, -0.15) is 0 Å². The Bertz CT molecular complexity index is 554. The molecule has 0 heterocycles. The van der Waals surface area contributed by atoms with E-state index in [4.69, 9.17) is 0 Å². The molecular formula is C21H27F3. The number of hydrogen-bond acceptors (Lipinski definition) is 0. The van der Waals surface area contributed by atoms with Crippen molar-refractivity contribution in [1.29, 1.82) is 0 Å². The molecule has 2 aliphatic rings. The highest BCUT2D eigenvalue weighted by Gasteiger charge is 2.31. The summed E-state index contributed by atoms with van der Waals surface area (Å²) in [6.07, 6.45) is 13.9. The zero-order valence-electron chi connectivity index (χ0n) is 14.4. The predicted octanol–water partition coefficient (Wildman–Crippen LogP) is 6.76. The summed E-state index contributed by atoms with van der Waals surface area (Å²) in [6, 6.07) is 2.37. The zero-order valence-corrected chi connectivity index (χ0v) is 14.4. The Morgan fingerprint density at radius 1 is 0.792 bits per heavy atom. The fraction of sp³-hybridized carbons (Fsp3) is 0.619. The van der Waals surface area contributed by atoms with E-state index in [-0.39, 0.29) is 5.92 Å².